The molecule has 0 aliphatic heterocycles. The van der Waals surface area contributed by atoms with Crippen molar-refractivity contribution in [1.82, 2.24) is 4.57 Å². The molecule has 0 aliphatic carbocycles. The first-order valence-corrected chi connectivity index (χ1v) is 8.40. The van der Waals surface area contributed by atoms with Crippen molar-refractivity contribution in [3.8, 4) is 17.5 Å². The van der Waals surface area contributed by atoms with E-state index in [0.29, 0.717) is 0 Å². The first-order chi connectivity index (χ1) is 13.0. The Labute approximate surface area is 157 Å². The molecule has 6 heteroatoms. The normalized spacial score (nSPS) is 10.4. The van der Waals surface area contributed by atoms with Crippen molar-refractivity contribution in [2.45, 2.75) is 12.8 Å². The summed E-state index contributed by atoms with van der Waals surface area (Å²) in [5.74, 6) is -0.336. The van der Waals surface area contributed by atoms with Gasteiger partial charge in [0.25, 0.3) is 0 Å². The first-order valence-electron chi connectivity index (χ1n) is 8.40. The molecule has 3 aromatic rings. The summed E-state index contributed by atoms with van der Waals surface area (Å²) in [5, 5.41) is 18.5. The number of nitriles is 1. The standard InChI is InChI=1S/C21H19N3O3/c1-27-21(26)20-19(23)16(12-22)13-24(20)17-8-4-14(5-9-17)2-3-15-6-10-18(25)11-7-15/h4-11,13,25H,2-3,23H2,1H3. The van der Waals surface area contributed by atoms with Gasteiger partial charge in [-0.3, -0.25) is 0 Å². The van der Waals surface area contributed by atoms with E-state index < -0.39 is 5.97 Å². The zero-order valence-corrected chi connectivity index (χ0v) is 14.8. The van der Waals surface area contributed by atoms with Crippen LogP contribution in [-0.2, 0) is 17.6 Å². The monoisotopic (exact) mass is 361 g/mol. The van der Waals surface area contributed by atoms with Crippen LogP contribution in [-0.4, -0.2) is 22.8 Å². The lowest BCUT2D eigenvalue weighted by atomic mass is 10.0. The number of aromatic hydroxyl groups is 1. The van der Waals surface area contributed by atoms with E-state index in [0.717, 1.165) is 29.7 Å². The van der Waals surface area contributed by atoms with Gasteiger partial charge in [0.05, 0.1) is 18.4 Å². The van der Waals surface area contributed by atoms with Crippen molar-refractivity contribution in [2.75, 3.05) is 12.8 Å². The molecule has 3 rings (SSSR count). The van der Waals surface area contributed by atoms with Crippen LogP contribution in [0, 0.1) is 11.3 Å². The molecule has 6 nitrogen and oxygen atoms in total. The third-order valence-corrected chi connectivity index (χ3v) is 4.40. The van der Waals surface area contributed by atoms with Gasteiger partial charge in [0.15, 0.2) is 5.69 Å². The van der Waals surface area contributed by atoms with Gasteiger partial charge < -0.3 is 20.1 Å². The molecular formula is C21H19N3O3. The molecule has 1 aromatic heterocycles. The van der Waals surface area contributed by atoms with Crippen LogP contribution in [0.15, 0.2) is 54.7 Å². The molecule has 0 unspecified atom stereocenters. The van der Waals surface area contributed by atoms with Gasteiger partial charge in [-0.25, -0.2) is 4.79 Å². The molecule has 27 heavy (non-hydrogen) atoms. The Kier molecular flexibility index (Phi) is 5.13. The van der Waals surface area contributed by atoms with Crippen LogP contribution in [0.1, 0.15) is 27.2 Å². The number of nitrogens with zero attached hydrogens (tertiary/aromatic N) is 2. The average molecular weight is 361 g/mol. The number of rotatable bonds is 5. The van der Waals surface area contributed by atoms with Crippen molar-refractivity contribution in [3.63, 3.8) is 0 Å². The summed E-state index contributed by atoms with van der Waals surface area (Å²) in [7, 11) is 1.28. The quantitative estimate of drug-likeness (QED) is 0.680. The summed E-state index contributed by atoms with van der Waals surface area (Å²) in [5.41, 5.74) is 9.40. The topological polar surface area (TPSA) is 101 Å². The number of hydrogen-bond donors (Lipinski definition) is 2. The minimum Gasteiger partial charge on any atom is -0.508 e. The molecule has 136 valence electrons. The largest absolute Gasteiger partial charge is 0.508 e. The Morgan fingerprint density at radius 1 is 1.11 bits per heavy atom. The fourth-order valence-electron chi connectivity index (χ4n) is 2.89. The number of aryl methyl sites for hydroxylation is 2. The lowest BCUT2D eigenvalue weighted by Crippen LogP contribution is -2.11. The van der Waals surface area contributed by atoms with Gasteiger partial charge >= 0.3 is 5.97 Å². The minimum atomic E-state index is -0.592. The number of benzene rings is 2. The molecule has 0 radical (unpaired) electrons. The van der Waals surface area contributed by atoms with Gasteiger partial charge in [0.2, 0.25) is 0 Å². The van der Waals surface area contributed by atoms with Gasteiger partial charge in [-0.05, 0) is 48.2 Å². The predicted octanol–water partition coefficient (Wildman–Crippen LogP) is 3.21. The lowest BCUT2D eigenvalue weighted by molar-refractivity contribution is 0.0593. The van der Waals surface area contributed by atoms with E-state index in [1.807, 2.05) is 42.5 Å². The van der Waals surface area contributed by atoms with Gasteiger partial charge in [-0.1, -0.05) is 24.3 Å². The maximum atomic E-state index is 12.1. The minimum absolute atomic E-state index is 0.112. The Bertz CT molecular complexity index is 997. The van der Waals surface area contributed by atoms with Crippen molar-refractivity contribution >= 4 is 11.7 Å². The van der Waals surface area contributed by atoms with Crippen LogP contribution in [0.25, 0.3) is 5.69 Å². The third kappa shape index (κ3) is 3.77. The molecular weight excluding hydrogens is 342 g/mol. The number of carbonyl (C=O) groups excluding carboxylic acids is 1. The fraction of sp³-hybridized carbons (Fsp3) is 0.143. The number of ether oxygens (including phenoxy) is 1. The van der Waals surface area contributed by atoms with E-state index in [2.05, 4.69) is 0 Å². The van der Waals surface area contributed by atoms with Crippen molar-refractivity contribution in [3.05, 3.63) is 77.1 Å². The molecule has 0 aliphatic rings. The summed E-state index contributed by atoms with van der Waals surface area (Å²) < 4.78 is 6.36. The third-order valence-electron chi connectivity index (χ3n) is 4.40. The van der Waals surface area contributed by atoms with E-state index in [1.165, 1.54) is 13.3 Å². The van der Waals surface area contributed by atoms with Gasteiger partial charge in [0, 0.05) is 11.9 Å². The van der Waals surface area contributed by atoms with Crippen molar-refractivity contribution in [1.29, 1.82) is 5.26 Å². The molecule has 0 fully saturated rings. The maximum Gasteiger partial charge on any atom is 0.357 e. The summed E-state index contributed by atoms with van der Waals surface area (Å²) in [6, 6.07) is 16.8. The highest BCUT2D eigenvalue weighted by Crippen LogP contribution is 2.25. The smallest absolute Gasteiger partial charge is 0.357 e. The fourth-order valence-corrected chi connectivity index (χ4v) is 2.89. The highest BCUT2D eigenvalue weighted by Gasteiger charge is 2.21. The number of anilines is 1. The highest BCUT2D eigenvalue weighted by molar-refractivity contribution is 5.95. The van der Waals surface area contributed by atoms with Crippen LogP contribution < -0.4 is 5.73 Å². The van der Waals surface area contributed by atoms with Crippen LogP contribution in [0.5, 0.6) is 5.75 Å². The lowest BCUT2D eigenvalue weighted by Gasteiger charge is -2.09. The van der Waals surface area contributed by atoms with Gasteiger partial charge in [-0.15, -0.1) is 0 Å². The maximum absolute atomic E-state index is 12.1. The van der Waals surface area contributed by atoms with Crippen LogP contribution in [0.2, 0.25) is 0 Å². The molecule has 0 saturated carbocycles. The Morgan fingerprint density at radius 2 is 1.67 bits per heavy atom. The molecule has 0 bridgehead atoms. The number of nitrogen functional groups attached to an aromatic ring is 1. The van der Waals surface area contributed by atoms with Crippen molar-refractivity contribution < 1.29 is 14.6 Å². The van der Waals surface area contributed by atoms with Crippen LogP contribution >= 0.6 is 0 Å². The van der Waals surface area contributed by atoms with Crippen LogP contribution in [0.3, 0.4) is 0 Å². The molecule has 0 amide bonds. The zero-order valence-electron chi connectivity index (χ0n) is 14.8. The van der Waals surface area contributed by atoms with Crippen molar-refractivity contribution in [2.24, 2.45) is 0 Å². The predicted molar refractivity (Wildman–Crippen MR) is 102 cm³/mol. The zero-order chi connectivity index (χ0) is 19.4. The molecule has 0 atom stereocenters. The second kappa shape index (κ2) is 7.67. The number of carbonyl (C=O) groups is 1. The number of esters is 1. The van der Waals surface area contributed by atoms with Gasteiger partial charge in [0.1, 0.15) is 11.8 Å². The highest BCUT2D eigenvalue weighted by atomic mass is 16.5. The van der Waals surface area contributed by atoms with Gasteiger partial charge in [-0.2, -0.15) is 5.26 Å². The first kappa shape index (κ1) is 18.1. The molecule has 0 spiro atoms. The Balaban J connectivity index is 1.82. The van der Waals surface area contributed by atoms with E-state index >= 15 is 0 Å². The second-order valence-electron chi connectivity index (χ2n) is 6.11. The second-order valence-corrected chi connectivity index (χ2v) is 6.11. The summed E-state index contributed by atoms with van der Waals surface area (Å²) in [6.07, 6.45) is 3.22. The number of aromatic nitrogens is 1. The SMILES string of the molecule is COC(=O)c1c(N)c(C#N)cn1-c1ccc(CCc2ccc(O)cc2)cc1. The molecule has 0 saturated heterocycles. The molecule has 3 N–H and O–H groups in total. The Hall–Kier alpha value is -3.72. The van der Waals surface area contributed by atoms with E-state index in [9.17, 15) is 15.2 Å². The number of phenolic OH excluding ortho intramolecular Hbond substituents is 1. The molecule has 1 heterocycles. The number of phenols is 1. The summed E-state index contributed by atoms with van der Waals surface area (Å²) >= 11 is 0. The van der Waals surface area contributed by atoms with Crippen LogP contribution in [0.4, 0.5) is 5.69 Å². The Morgan fingerprint density at radius 3 is 2.19 bits per heavy atom. The summed E-state index contributed by atoms with van der Waals surface area (Å²) in [4.78, 5) is 12.1. The number of hydrogen-bond acceptors (Lipinski definition) is 5. The van der Waals surface area contributed by atoms with E-state index in [4.69, 9.17) is 10.5 Å². The number of methoxy groups -OCH3 is 1. The van der Waals surface area contributed by atoms with E-state index in [1.54, 1.807) is 16.7 Å². The van der Waals surface area contributed by atoms with E-state index in [-0.39, 0.29) is 22.7 Å². The summed E-state index contributed by atoms with van der Waals surface area (Å²) in [6.45, 7) is 0. The number of nitrogens with two attached hydrogens (primary N) is 1. The average Bonchev–Trinajstić information content (AvgIpc) is 3.03. The molecule has 2 aromatic carbocycles.